The molecular weight excluding hydrogens is 395 g/mol. The Morgan fingerprint density at radius 1 is 1.07 bits per heavy atom. The summed E-state index contributed by atoms with van der Waals surface area (Å²) in [5.74, 6) is -0.584. The van der Waals surface area contributed by atoms with Gasteiger partial charge in [-0.15, -0.1) is 0 Å². The van der Waals surface area contributed by atoms with Crippen molar-refractivity contribution in [1.29, 1.82) is 0 Å². The number of hydrogen-bond donors (Lipinski definition) is 1. The molecule has 1 unspecified atom stereocenters. The van der Waals surface area contributed by atoms with Crippen LogP contribution in [0.2, 0.25) is 5.02 Å². The molecule has 2 aliphatic heterocycles. The number of benzene rings is 1. The lowest BCUT2D eigenvalue weighted by atomic mass is 10.2. The lowest BCUT2D eigenvalue weighted by Crippen LogP contribution is -2.54. The van der Waals surface area contributed by atoms with Gasteiger partial charge in [-0.3, -0.25) is 19.4 Å². The van der Waals surface area contributed by atoms with Crippen LogP contribution in [0.25, 0.3) is 0 Å². The maximum absolute atomic E-state index is 13.9. The second kappa shape index (κ2) is 10.4. The Kier molecular flexibility index (Phi) is 7.86. The number of likely N-dealkylation sites (tertiary alicyclic amines) is 1. The number of nitrogens with zero attached hydrogens (tertiary/aromatic N) is 3. The van der Waals surface area contributed by atoms with Gasteiger partial charge in [-0.05, 0) is 38.0 Å². The van der Waals surface area contributed by atoms with Gasteiger partial charge in [0.1, 0.15) is 5.82 Å². The Labute approximate surface area is 177 Å². The fourth-order valence-electron chi connectivity index (χ4n) is 3.91. The monoisotopic (exact) mass is 424 g/mol. The van der Waals surface area contributed by atoms with Gasteiger partial charge < -0.3 is 10.2 Å². The van der Waals surface area contributed by atoms with Crippen molar-refractivity contribution in [2.24, 2.45) is 0 Å². The van der Waals surface area contributed by atoms with Gasteiger partial charge in [-0.2, -0.15) is 0 Å². The number of carbonyl (C=O) groups is 2. The van der Waals surface area contributed by atoms with E-state index in [0.29, 0.717) is 24.7 Å². The third-order valence-corrected chi connectivity index (χ3v) is 6.08. The van der Waals surface area contributed by atoms with Gasteiger partial charge in [0.25, 0.3) is 0 Å². The minimum atomic E-state index is -0.546. The van der Waals surface area contributed by atoms with E-state index in [2.05, 4.69) is 15.1 Å². The first-order chi connectivity index (χ1) is 13.9. The largest absolute Gasteiger partial charge is 0.342 e. The van der Waals surface area contributed by atoms with Gasteiger partial charge in [0, 0.05) is 44.3 Å². The van der Waals surface area contributed by atoms with E-state index in [0.717, 1.165) is 39.0 Å². The molecule has 3 rings (SSSR count). The molecule has 1 atom stereocenters. The highest BCUT2D eigenvalue weighted by Crippen LogP contribution is 2.19. The van der Waals surface area contributed by atoms with Crippen LogP contribution in [-0.4, -0.2) is 78.4 Å². The third-order valence-electron chi connectivity index (χ3n) is 5.84. The van der Waals surface area contributed by atoms with Crippen LogP contribution in [0.4, 0.5) is 10.1 Å². The Hall–Kier alpha value is -1.70. The van der Waals surface area contributed by atoms with Crippen molar-refractivity contribution in [3.05, 3.63) is 29.0 Å². The number of nitrogens with one attached hydrogen (secondary N) is 1. The maximum Gasteiger partial charge on any atom is 0.241 e. The summed E-state index contributed by atoms with van der Waals surface area (Å²) in [6.07, 6.45) is 4.62. The van der Waals surface area contributed by atoms with Crippen molar-refractivity contribution in [2.75, 3.05) is 51.1 Å². The summed E-state index contributed by atoms with van der Waals surface area (Å²) >= 11 is 5.75. The average Bonchev–Trinajstić information content (AvgIpc) is 3.00. The molecule has 6 nitrogen and oxygen atoms in total. The van der Waals surface area contributed by atoms with Crippen LogP contribution in [0, 0.1) is 5.82 Å². The smallest absolute Gasteiger partial charge is 0.241 e. The lowest BCUT2D eigenvalue weighted by Gasteiger charge is -2.37. The van der Waals surface area contributed by atoms with Crippen LogP contribution < -0.4 is 5.32 Å². The molecule has 2 amide bonds. The molecule has 2 saturated heterocycles. The Morgan fingerprint density at radius 3 is 2.34 bits per heavy atom. The van der Waals surface area contributed by atoms with Crippen molar-refractivity contribution in [3.8, 4) is 0 Å². The summed E-state index contributed by atoms with van der Waals surface area (Å²) in [6.45, 7) is 6.90. The van der Waals surface area contributed by atoms with Gasteiger partial charge in [0.05, 0.1) is 18.3 Å². The third kappa shape index (κ3) is 6.14. The Bertz CT molecular complexity index is 717. The van der Waals surface area contributed by atoms with Crippen molar-refractivity contribution in [3.63, 3.8) is 0 Å². The first-order valence-electron chi connectivity index (χ1n) is 10.4. The van der Waals surface area contributed by atoms with Crippen molar-refractivity contribution < 1.29 is 14.0 Å². The molecule has 160 valence electrons. The molecule has 0 spiro atoms. The summed E-state index contributed by atoms with van der Waals surface area (Å²) in [7, 11) is 0. The number of carbonyl (C=O) groups excluding carboxylic acids is 2. The zero-order chi connectivity index (χ0) is 20.8. The van der Waals surface area contributed by atoms with E-state index in [9.17, 15) is 14.0 Å². The fourth-order valence-corrected chi connectivity index (χ4v) is 4.07. The molecule has 8 heteroatoms. The first kappa shape index (κ1) is 22.0. The fraction of sp³-hybridized carbons (Fsp3) is 0.619. The molecule has 0 bridgehead atoms. The second-order valence-corrected chi connectivity index (χ2v) is 8.33. The molecule has 2 heterocycles. The topological polar surface area (TPSA) is 55.9 Å². The lowest BCUT2D eigenvalue weighted by molar-refractivity contribution is -0.133. The molecule has 2 aliphatic rings. The molecule has 0 saturated carbocycles. The van der Waals surface area contributed by atoms with E-state index in [1.54, 1.807) is 6.07 Å². The highest BCUT2D eigenvalue weighted by Gasteiger charge is 2.27. The van der Waals surface area contributed by atoms with Gasteiger partial charge in [0.2, 0.25) is 11.8 Å². The first-order valence-corrected chi connectivity index (χ1v) is 10.8. The molecule has 1 N–H and O–H groups in total. The summed E-state index contributed by atoms with van der Waals surface area (Å²) in [6, 6.07) is 3.82. The van der Waals surface area contributed by atoms with E-state index in [4.69, 9.17) is 11.6 Å². The molecule has 1 aromatic rings. The maximum atomic E-state index is 13.9. The number of piperazine rings is 1. The molecule has 0 aliphatic carbocycles. The van der Waals surface area contributed by atoms with Crippen LogP contribution in [0.3, 0.4) is 0 Å². The zero-order valence-electron chi connectivity index (χ0n) is 17.0. The second-order valence-electron chi connectivity index (χ2n) is 7.90. The van der Waals surface area contributed by atoms with E-state index in [1.165, 1.54) is 25.0 Å². The molecule has 0 aromatic heterocycles. The summed E-state index contributed by atoms with van der Waals surface area (Å²) in [5.41, 5.74) is 0.132. The molecule has 29 heavy (non-hydrogen) atoms. The normalized spacial score (nSPS) is 20.2. The van der Waals surface area contributed by atoms with E-state index in [-0.39, 0.29) is 23.5 Å². The summed E-state index contributed by atoms with van der Waals surface area (Å²) < 4.78 is 13.9. The van der Waals surface area contributed by atoms with Crippen molar-refractivity contribution >= 4 is 29.1 Å². The number of rotatable bonds is 5. The van der Waals surface area contributed by atoms with Crippen LogP contribution >= 0.6 is 11.6 Å². The highest BCUT2D eigenvalue weighted by molar-refractivity contribution is 6.30. The number of hydrogen-bond acceptors (Lipinski definition) is 4. The minimum absolute atomic E-state index is 0.132. The molecular formula is C21H30ClFN4O2. The average molecular weight is 425 g/mol. The van der Waals surface area contributed by atoms with Gasteiger partial charge in [-0.1, -0.05) is 24.4 Å². The van der Waals surface area contributed by atoms with Crippen molar-refractivity contribution in [2.45, 2.75) is 38.6 Å². The SMILES string of the molecule is CC(C(=O)Nc1ccc(Cl)cc1F)N1CCN(CC(=O)N2CCCCCC2)CC1. The zero-order valence-corrected chi connectivity index (χ0v) is 17.8. The highest BCUT2D eigenvalue weighted by atomic mass is 35.5. The van der Waals surface area contributed by atoms with Gasteiger partial charge >= 0.3 is 0 Å². The van der Waals surface area contributed by atoms with Crippen LogP contribution in [-0.2, 0) is 9.59 Å². The van der Waals surface area contributed by atoms with Crippen LogP contribution in [0.5, 0.6) is 0 Å². The predicted octanol–water partition coefficient (Wildman–Crippen LogP) is 2.83. The number of anilines is 1. The predicted molar refractivity (Wildman–Crippen MR) is 113 cm³/mol. The number of halogens is 2. The van der Waals surface area contributed by atoms with E-state index < -0.39 is 5.82 Å². The minimum Gasteiger partial charge on any atom is -0.342 e. The van der Waals surface area contributed by atoms with E-state index >= 15 is 0 Å². The summed E-state index contributed by atoms with van der Waals surface area (Å²) in [4.78, 5) is 31.3. The Morgan fingerprint density at radius 2 is 1.72 bits per heavy atom. The Balaban J connectivity index is 1.45. The number of amides is 2. The molecule has 0 radical (unpaired) electrons. The summed E-state index contributed by atoms with van der Waals surface area (Å²) in [5, 5.41) is 2.93. The van der Waals surface area contributed by atoms with Gasteiger partial charge in [-0.25, -0.2) is 4.39 Å². The van der Waals surface area contributed by atoms with Crippen molar-refractivity contribution in [1.82, 2.24) is 14.7 Å². The van der Waals surface area contributed by atoms with E-state index in [1.807, 2.05) is 11.8 Å². The quantitative estimate of drug-likeness (QED) is 0.789. The van der Waals surface area contributed by atoms with Crippen LogP contribution in [0.1, 0.15) is 32.6 Å². The molecule has 2 fully saturated rings. The van der Waals surface area contributed by atoms with Gasteiger partial charge in [0.15, 0.2) is 0 Å². The standard InChI is InChI=1S/C21H30ClFN4O2/c1-16(21(29)24-19-7-6-17(22)14-18(19)23)26-12-10-25(11-13-26)15-20(28)27-8-4-2-3-5-9-27/h6-7,14,16H,2-5,8-13,15H2,1H3,(H,24,29). The molecule has 1 aromatic carbocycles. The van der Waals surface area contributed by atoms with Crippen LogP contribution in [0.15, 0.2) is 18.2 Å².